The number of amides is 1. The number of carbonyl (C=O) groups excluding carboxylic acids is 1. The topological polar surface area (TPSA) is 76.4 Å². The number of hydrogen-bond donors (Lipinski definition) is 1. The standard InChI is InChI=1S/C18H19NO4S/c1-24(21,22)10-4-9-19-17(20)11-14-12-23-16-8-7-13-5-2-3-6-15(13)18(14)16/h2-3,5-8,12H,4,9-11H2,1H3,(H,19,20). The fourth-order valence-electron chi connectivity index (χ4n) is 2.80. The van der Waals surface area contributed by atoms with Gasteiger partial charge in [-0.15, -0.1) is 0 Å². The molecule has 0 aliphatic heterocycles. The van der Waals surface area contributed by atoms with E-state index in [0.717, 1.165) is 27.3 Å². The highest BCUT2D eigenvalue weighted by atomic mass is 32.2. The summed E-state index contributed by atoms with van der Waals surface area (Å²) in [5.74, 6) is -0.0637. The molecule has 126 valence electrons. The van der Waals surface area contributed by atoms with E-state index in [2.05, 4.69) is 5.32 Å². The summed E-state index contributed by atoms with van der Waals surface area (Å²) in [6, 6.07) is 11.9. The van der Waals surface area contributed by atoms with Crippen molar-refractivity contribution in [2.24, 2.45) is 0 Å². The molecule has 0 bridgehead atoms. The maximum absolute atomic E-state index is 12.1. The summed E-state index contributed by atoms with van der Waals surface area (Å²) in [6.07, 6.45) is 3.43. The third-order valence-corrected chi connectivity index (χ3v) is 4.94. The Bertz CT molecular complexity index is 989. The molecule has 0 saturated heterocycles. The molecule has 0 atom stereocenters. The van der Waals surface area contributed by atoms with Crippen LogP contribution in [0.5, 0.6) is 0 Å². The molecule has 0 saturated carbocycles. The first-order chi connectivity index (χ1) is 11.4. The second-order valence-corrected chi connectivity index (χ2v) is 8.19. The first-order valence-corrected chi connectivity index (χ1v) is 9.82. The molecular weight excluding hydrogens is 326 g/mol. The van der Waals surface area contributed by atoms with Crippen molar-refractivity contribution in [3.05, 3.63) is 48.2 Å². The predicted octanol–water partition coefficient (Wildman–Crippen LogP) is 2.68. The number of sulfone groups is 1. The van der Waals surface area contributed by atoms with Crippen LogP contribution in [0, 0.1) is 0 Å². The van der Waals surface area contributed by atoms with Gasteiger partial charge in [-0.1, -0.05) is 30.3 Å². The molecule has 5 nitrogen and oxygen atoms in total. The number of furan rings is 1. The molecule has 6 heteroatoms. The molecule has 1 heterocycles. The smallest absolute Gasteiger partial charge is 0.224 e. The monoisotopic (exact) mass is 345 g/mol. The molecule has 1 aromatic heterocycles. The first-order valence-electron chi connectivity index (χ1n) is 7.76. The molecular formula is C18H19NO4S. The highest BCUT2D eigenvalue weighted by molar-refractivity contribution is 7.90. The van der Waals surface area contributed by atoms with E-state index in [9.17, 15) is 13.2 Å². The van der Waals surface area contributed by atoms with Crippen molar-refractivity contribution in [1.82, 2.24) is 5.32 Å². The minimum absolute atomic E-state index is 0.0760. The van der Waals surface area contributed by atoms with Gasteiger partial charge >= 0.3 is 0 Å². The van der Waals surface area contributed by atoms with Crippen LogP contribution in [0.2, 0.25) is 0 Å². The molecule has 24 heavy (non-hydrogen) atoms. The van der Waals surface area contributed by atoms with Gasteiger partial charge in [0.05, 0.1) is 18.4 Å². The minimum atomic E-state index is -2.99. The normalized spacial score (nSPS) is 11.9. The highest BCUT2D eigenvalue weighted by Gasteiger charge is 2.13. The minimum Gasteiger partial charge on any atom is -0.464 e. The zero-order valence-electron chi connectivity index (χ0n) is 13.4. The first kappa shape index (κ1) is 16.5. The van der Waals surface area contributed by atoms with Crippen molar-refractivity contribution in [3.63, 3.8) is 0 Å². The van der Waals surface area contributed by atoms with Gasteiger partial charge in [0, 0.05) is 23.8 Å². The average molecular weight is 345 g/mol. The van der Waals surface area contributed by atoms with Gasteiger partial charge in [0.15, 0.2) is 0 Å². The summed E-state index contributed by atoms with van der Waals surface area (Å²) in [4.78, 5) is 12.1. The van der Waals surface area contributed by atoms with E-state index >= 15 is 0 Å². The van der Waals surface area contributed by atoms with Gasteiger partial charge in [-0.3, -0.25) is 4.79 Å². The average Bonchev–Trinajstić information content (AvgIpc) is 2.94. The Morgan fingerprint density at radius 1 is 1.17 bits per heavy atom. The van der Waals surface area contributed by atoms with Gasteiger partial charge in [-0.05, 0) is 23.3 Å². The third-order valence-electron chi connectivity index (χ3n) is 3.91. The molecule has 0 unspecified atom stereocenters. The number of carbonyl (C=O) groups is 1. The fraction of sp³-hybridized carbons (Fsp3) is 0.278. The van der Waals surface area contributed by atoms with Crippen molar-refractivity contribution >= 4 is 37.5 Å². The summed E-state index contributed by atoms with van der Waals surface area (Å²) in [5.41, 5.74) is 1.59. The van der Waals surface area contributed by atoms with E-state index < -0.39 is 9.84 Å². The van der Waals surface area contributed by atoms with Crippen molar-refractivity contribution in [1.29, 1.82) is 0 Å². The van der Waals surface area contributed by atoms with Crippen molar-refractivity contribution in [2.45, 2.75) is 12.8 Å². The number of rotatable bonds is 6. The lowest BCUT2D eigenvalue weighted by Gasteiger charge is -2.05. The van der Waals surface area contributed by atoms with E-state index in [1.165, 1.54) is 6.26 Å². The van der Waals surface area contributed by atoms with Gasteiger partial charge in [0.1, 0.15) is 15.4 Å². The van der Waals surface area contributed by atoms with Crippen LogP contribution in [0.15, 0.2) is 47.1 Å². The van der Waals surface area contributed by atoms with Gasteiger partial charge in [0.2, 0.25) is 5.91 Å². The van der Waals surface area contributed by atoms with Gasteiger partial charge < -0.3 is 9.73 Å². The Hall–Kier alpha value is -2.34. The molecule has 3 aromatic rings. The lowest BCUT2D eigenvalue weighted by Crippen LogP contribution is -2.27. The molecule has 0 aliphatic rings. The van der Waals surface area contributed by atoms with Crippen LogP contribution in [0.4, 0.5) is 0 Å². The summed E-state index contributed by atoms with van der Waals surface area (Å²) < 4.78 is 27.7. The Balaban J connectivity index is 1.73. The van der Waals surface area contributed by atoms with E-state index in [0.29, 0.717) is 13.0 Å². The van der Waals surface area contributed by atoms with Gasteiger partial charge in [-0.25, -0.2) is 8.42 Å². The zero-order valence-corrected chi connectivity index (χ0v) is 14.2. The summed E-state index contributed by atoms with van der Waals surface area (Å²) in [5, 5.41) is 5.88. The van der Waals surface area contributed by atoms with E-state index in [1.54, 1.807) is 6.26 Å². The SMILES string of the molecule is CS(=O)(=O)CCCNC(=O)Cc1coc2ccc3ccccc3c12. The molecule has 0 aliphatic carbocycles. The van der Waals surface area contributed by atoms with Crippen LogP contribution in [0.1, 0.15) is 12.0 Å². The highest BCUT2D eigenvalue weighted by Crippen LogP contribution is 2.30. The maximum Gasteiger partial charge on any atom is 0.224 e. The maximum atomic E-state index is 12.1. The number of benzene rings is 2. The summed E-state index contributed by atoms with van der Waals surface area (Å²) in [7, 11) is -2.99. The van der Waals surface area contributed by atoms with Crippen molar-refractivity contribution in [2.75, 3.05) is 18.6 Å². The quantitative estimate of drug-likeness (QED) is 0.697. The molecule has 1 amide bonds. The fourth-order valence-corrected chi connectivity index (χ4v) is 3.47. The summed E-state index contributed by atoms with van der Waals surface area (Å²) in [6.45, 7) is 0.350. The molecule has 2 aromatic carbocycles. The summed E-state index contributed by atoms with van der Waals surface area (Å²) >= 11 is 0. The Morgan fingerprint density at radius 2 is 1.96 bits per heavy atom. The lowest BCUT2D eigenvalue weighted by molar-refractivity contribution is -0.120. The lowest BCUT2D eigenvalue weighted by atomic mass is 10.0. The molecule has 0 radical (unpaired) electrons. The van der Waals surface area contributed by atoms with Crippen LogP contribution in [-0.2, 0) is 21.1 Å². The van der Waals surface area contributed by atoms with Crippen molar-refractivity contribution < 1.29 is 17.6 Å². The Kier molecular flexibility index (Phi) is 4.57. The second kappa shape index (κ2) is 6.65. The van der Waals surface area contributed by atoms with Crippen LogP contribution >= 0.6 is 0 Å². The number of nitrogens with one attached hydrogen (secondary N) is 1. The van der Waals surface area contributed by atoms with Crippen LogP contribution in [-0.4, -0.2) is 32.9 Å². The Labute approximate surface area is 140 Å². The molecule has 3 rings (SSSR count). The van der Waals surface area contributed by atoms with Crippen molar-refractivity contribution in [3.8, 4) is 0 Å². The van der Waals surface area contributed by atoms with Crippen LogP contribution in [0.3, 0.4) is 0 Å². The van der Waals surface area contributed by atoms with Crippen LogP contribution in [0.25, 0.3) is 21.7 Å². The molecule has 1 N–H and O–H groups in total. The van der Waals surface area contributed by atoms with E-state index in [1.807, 2.05) is 36.4 Å². The van der Waals surface area contributed by atoms with Crippen LogP contribution < -0.4 is 5.32 Å². The largest absolute Gasteiger partial charge is 0.464 e. The Morgan fingerprint density at radius 3 is 2.75 bits per heavy atom. The number of fused-ring (bicyclic) bond motifs is 3. The predicted molar refractivity (Wildman–Crippen MR) is 94.8 cm³/mol. The van der Waals surface area contributed by atoms with Gasteiger partial charge in [-0.2, -0.15) is 0 Å². The zero-order chi connectivity index (χ0) is 17.2. The van der Waals surface area contributed by atoms with E-state index in [4.69, 9.17) is 4.42 Å². The van der Waals surface area contributed by atoms with E-state index in [-0.39, 0.29) is 18.1 Å². The molecule has 0 spiro atoms. The molecule has 0 fully saturated rings. The third kappa shape index (κ3) is 3.76. The second-order valence-electron chi connectivity index (χ2n) is 5.93. The number of hydrogen-bond acceptors (Lipinski definition) is 4. The van der Waals surface area contributed by atoms with Gasteiger partial charge in [0.25, 0.3) is 0 Å².